The summed E-state index contributed by atoms with van der Waals surface area (Å²) in [7, 11) is 0. The van der Waals surface area contributed by atoms with E-state index in [9.17, 15) is 9.59 Å². The van der Waals surface area contributed by atoms with Crippen molar-refractivity contribution in [2.24, 2.45) is 0 Å². The number of aromatic nitrogens is 1. The molecule has 1 heterocycles. The van der Waals surface area contributed by atoms with Crippen molar-refractivity contribution in [1.82, 2.24) is 15.8 Å². The Morgan fingerprint density at radius 1 is 1.15 bits per heavy atom. The summed E-state index contributed by atoms with van der Waals surface area (Å²) in [6.45, 7) is 1.68. The molecule has 2 N–H and O–H groups in total. The maximum absolute atomic E-state index is 12.5. The molecule has 2 amide bonds. The van der Waals surface area contributed by atoms with Crippen LogP contribution in [0.1, 0.15) is 30.1 Å². The normalized spacial score (nSPS) is 14.8. The van der Waals surface area contributed by atoms with Gasteiger partial charge < -0.3 is 15.2 Å². The second kappa shape index (κ2) is 6.63. The van der Waals surface area contributed by atoms with Gasteiger partial charge in [-0.1, -0.05) is 35.5 Å². The van der Waals surface area contributed by atoms with Gasteiger partial charge in [0.15, 0.2) is 5.76 Å². The molecule has 132 valence electrons. The molecule has 6 nitrogen and oxygen atoms in total. The number of amides is 2. The van der Waals surface area contributed by atoms with Crippen molar-refractivity contribution in [3.63, 3.8) is 0 Å². The fourth-order valence-electron chi connectivity index (χ4n) is 2.78. The minimum atomic E-state index is -0.588. The topological polar surface area (TPSA) is 84.2 Å². The van der Waals surface area contributed by atoms with E-state index in [2.05, 4.69) is 15.8 Å². The van der Waals surface area contributed by atoms with Crippen LogP contribution in [0.3, 0.4) is 0 Å². The minimum Gasteiger partial charge on any atom is -0.355 e. The first-order chi connectivity index (χ1) is 12.6. The van der Waals surface area contributed by atoms with Crippen LogP contribution < -0.4 is 10.6 Å². The number of nitrogens with one attached hydrogen (secondary N) is 2. The van der Waals surface area contributed by atoms with Crippen LogP contribution in [0.2, 0.25) is 0 Å². The van der Waals surface area contributed by atoms with E-state index < -0.39 is 6.04 Å². The zero-order chi connectivity index (χ0) is 18.1. The average Bonchev–Trinajstić information content (AvgIpc) is 3.37. The molecule has 1 aliphatic carbocycles. The van der Waals surface area contributed by atoms with Crippen LogP contribution in [-0.2, 0) is 4.79 Å². The molecule has 6 heteroatoms. The standard InChI is InChI=1S/C20H19N3O3/c1-12(19(24)22-15-8-9-15)21-20(25)14-7-10-17-16(11-14)18(26-23-17)13-5-3-2-4-6-13/h2-7,10-12,15H,8-9H2,1H3,(H,21,25)(H,22,24). The fourth-order valence-corrected chi connectivity index (χ4v) is 2.78. The van der Waals surface area contributed by atoms with Crippen LogP contribution >= 0.6 is 0 Å². The van der Waals surface area contributed by atoms with Crippen molar-refractivity contribution in [2.45, 2.75) is 31.8 Å². The zero-order valence-electron chi connectivity index (χ0n) is 14.4. The van der Waals surface area contributed by atoms with Crippen molar-refractivity contribution in [2.75, 3.05) is 0 Å². The van der Waals surface area contributed by atoms with E-state index in [0.29, 0.717) is 16.8 Å². The van der Waals surface area contributed by atoms with Crippen LogP contribution in [0.15, 0.2) is 53.1 Å². The number of carbonyl (C=O) groups is 2. The molecule has 1 saturated carbocycles. The van der Waals surface area contributed by atoms with Crippen LogP contribution in [0.25, 0.3) is 22.2 Å². The molecule has 0 aliphatic heterocycles. The highest BCUT2D eigenvalue weighted by Crippen LogP contribution is 2.29. The monoisotopic (exact) mass is 349 g/mol. The summed E-state index contributed by atoms with van der Waals surface area (Å²) in [5.74, 6) is 0.164. The van der Waals surface area contributed by atoms with E-state index in [1.165, 1.54) is 0 Å². The van der Waals surface area contributed by atoms with Gasteiger partial charge in [-0.15, -0.1) is 0 Å². The molecule has 1 fully saturated rings. The average molecular weight is 349 g/mol. The second-order valence-corrected chi connectivity index (χ2v) is 6.59. The number of rotatable bonds is 5. The molecule has 0 spiro atoms. The molecule has 0 bridgehead atoms. The molecular formula is C20H19N3O3. The van der Waals surface area contributed by atoms with Gasteiger partial charge in [-0.05, 0) is 38.0 Å². The summed E-state index contributed by atoms with van der Waals surface area (Å²) < 4.78 is 5.46. The van der Waals surface area contributed by atoms with Crippen LogP contribution in [-0.4, -0.2) is 29.1 Å². The number of hydrogen-bond donors (Lipinski definition) is 2. The molecule has 3 aromatic rings. The molecule has 1 aliphatic rings. The van der Waals surface area contributed by atoms with E-state index in [1.54, 1.807) is 25.1 Å². The smallest absolute Gasteiger partial charge is 0.251 e. The van der Waals surface area contributed by atoms with Crippen molar-refractivity contribution < 1.29 is 14.1 Å². The number of fused-ring (bicyclic) bond motifs is 1. The Morgan fingerprint density at radius 2 is 1.92 bits per heavy atom. The van der Waals surface area contributed by atoms with Gasteiger partial charge in [-0.2, -0.15) is 0 Å². The third-order valence-corrected chi connectivity index (χ3v) is 4.44. The van der Waals surface area contributed by atoms with E-state index >= 15 is 0 Å². The third kappa shape index (κ3) is 3.31. The van der Waals surface area contributed by atoms with Gasteiger partial charge in [-0.25, -0.2) is 0 Å². The first-order valence-corrected chi connectivity index (χ1v) is 8.68. The lowest BCUT2D eigenvalue weighted by Gasteiger charge is -2.13. The maximum Gasteiger partial charge on any atom is 0.251 e. The highest BCUT2D eigenvalue weighted by molar-refractivity contribution is 6.02. The number of nitrogens with zero attached hydrogens (tertiary/aromatic N) is 1. The molecule has 2 aromatic carbocycles. The molecular weight excluding hydrogens is 330 g/mol. The van der Waals surface area contributed by atoms with E-state index in [1.807, 2.05) is 30.3 Å². The summed E-state index contributed by atoms with van der Waals surface area (Å²) in [4.78, 5) is 24.6. The van der Waals surface area contributed by atoms with Crippen LogP contribution in [0, 0.1) is 0 Å². The Balaban J connectivity index is 1.56. The minimum absolute atomic E-state index is 0.156. The SMILES string of the molecule is CC(NC(=O)c1ccc2noc(-c3ccccc3)c2c1)C(=O)NC1CC1. The van der Waals surface area contributed by atoms with Gasteiger partial charge >= 0.3 is 0 Å². The summed E-state index contributed by atoms with van der Waals surface area (Å²) in [5.41, 5.74) is 2.04. The highest BCUT2D eigenvalue weighted by atomic mass is 16.5. The fraction of sp³-hybridized carbons (Fsp3) is 0.250. The number of hydrogen-bond acceptors (Lipinski definition) is 4. The first kappa shape index (κ1) is 16.3. The van der Waals surface area contributed by atoms with E-state index in [0.717, 1.165) is 23.8 Å². The Bertz CT molecular complexity index is 961. The van der Waals surface area contributed by atoms with E-state index in [4.69, 9.17) is 4.52 Å². The van der Waals surface area contributed by atoms with Crippen molar-refractivity contribution in [3.05, 3.63) is 54.1 Å². The van der Waals surface area contributed by atoms with Crippen molar-refractivity contribution >= 4 is 22.7 Å². The maximum atomic E-state index is 12.5. The Kier molecular flexibility index (Phi) is 4.16. The lowest BCUT2D eigenvalue weighted by Crippen LogP contribution is -2.45. The molecule has 1 unspecified atom stereocenters. The van der Waals surface area contributed by atoms with Gasteiger partial charge in [0.2, 0.25) is 5.91 Å². The Labute approximate surface area is 150 Å². The third-order valence-electron chi connectivity index (χ3n) is 4.44. The van der Waals surface area contributed by atoms with Crippen LogP contribution in [0.4, 0.5) is 0 Å². The summed E-state index contributed by atoms with van der Waals surface area (Å²) in [5, 5.41) is 10.4. The summed E-state index contributed by atoms with van der Waals surface area (Å²) >= 11 is 0. The Hall–Kier alpha value is -3.15. The molecule has 0 radical (unpaired) electrons. The van der Waals surface area contributed by atoms with Gasteiger partial charge in [0.05, 0.1) is 5.39 Å². The van der Waals surface area contributed by atoms with Crippen LogP contribution in [0.5, 0.6) is 0 Å². The largest absolute Gasteiger partial charge is 0.355 e. The van der Waals surface area contributed by atoms with Gasteiger partial charge in [0.1, 0.15) is 11.6 Å². The number of carbonyl (C=O) groups excluding carboxylic acids is 2. The predicted octanol–water partition coefficient (Wildman–Crippen LogP) is 2.89. The van der Waals surface area contributed by atoms with Crippen molar-refractivity contribution in [1.29, 1.82) is 0 Å². The molecule has 1 aromatic heterocycles. The van der Waals surface area contributed by atoms with E-state index in [-0.39, 0.29) is 17.9 Å². The summed E-state index contributed by atoms with van der Waals surface area (Å²) in [6.07, 6.45) is 2.03. The lowest BCUT2D eigenvalue weighted by atomic mass is 10.1. The highest BCUT2D eigenvalue weighted by Gasteiger charge is 2.26. The first-order valence-electron chi connectivity index (χ1n) is 8.68. The lowest BCUT2D eigenvalue weighted by molar-refractivity contribution is -0.122. The van der Waals surface area contributed by atoms with Gasteiger partial charge in [0.25, 0.3) is 5.91 Å². The summed E-state index contributed by atoms with van der Waals surface area (Å²) in [6, 6.07) is 14.5. The molecule has 0 saturated heterocycles. The zero-order valence-corrected chi connectivity index (χ0v) is 14.4. The van der Waals surface area contributed by atoms with Crippen molar-refractivity contribution in [3.8, 4) is 11.3 Å². The molecule has 4 rings (SSSR count). The Morgan fingerprint density at radius 3 is 2.65 bits per heavy atom. The predicted molar refractivity (Wildman–Crippen MR) is 97.5 cm³/mol. The number of benzene rings is 2. The molecule has 1 atom stereocenters. The van der Waals surface area contributed by atoms with Gasteiger partial charge in [0, 0.05) is 17.2 Å². The quantitative estimate of drug-likeness (QED) is 0.742. The molecule has 26 heavy (non-hydrogen) atoms. The second-order valence-electron chi connectivity index (χ2n) is 6.59. The van der Waals surface area contributed by atoms with Gasteiger partial charge in [-0.3, -0.25) is 9.59 Å².